The summed E-state index contributed by atoms with van der Waals surface area (Å²) in [5.41, 5.74) is 1.28. The van der Waals surface area contributed by atoms with Gasteiger partial charge in [-0.3, -0.25) is 4.79 Å². The number of halogens is 1. The molecule has 1 aliphatic rings. The molecule has 128 valence electrons. The molecule has 3 nitrogen and oxygen atoms in total. The molecule has 1 saturated carbocycles. The van der Waals surface area contributed by atoms with Crippen LogP contribution in [0.2, 0.25) is 5.02 Å². The average Bonchev–Trinajstić information content (AvgIpc) is 2.55. The van der Waals surface area contributed by atoms with E-state index in [1.807, 2.05) is 0 Å². The van der Waals surface area contributed by atoms with Gasteiger partial charge >= 0.3 is 0 Å². The number of aromatic nitrogens is 1. The van der Waals surface area contributed by atoms with E-state index >= 15 is 0 Å². The number of hydrogen-bond donors (Lipinski definition) is 2. The minimum absolute atomic E-state index is 0.0138. The van der Waals surface area contributed by atoms with Crippen LogP contribution >= 0.6 is 11.6 Å². The van der Waals surface area contributed by atoms with Gasteiger partial charge in [-0.1, -0.05) is 56.8 Å². The molecule has 1 aliphatic carbocycles. The number of benzene rings is 1. The maximum atomic E-state index is 12.6. The van der Waals surface area contributed by atoms with E-state index < -0.39 is 0 Å². The van der Waals surface area contributed by atoms with Crippen LogP contribution < -0.4 is 5.56 Å². The molecular formula is C20H24ClNO2. The summed E-state index contributed by atoms with van der Waals surface area (Å²) in [7, 11) is 0. The van der Waals surface area contributed by atoms with E-state index in [9.17, 15) is 9.90 Å². The Morgan fingerprint density at radius 2 is 1.88 bits per heavy atom. The highest BCUT2D eigenvalue weighted by Crippen LogP contribution is 2.41. The third-order valence-corrected chi connectivity index (χ3v) is 5.68. The molecule has 2 aromatic rings. The Morgan fingerprint density at radius 1 is 1.17 bits per heavy atom. The van der Waals surface area contributed by atoms with Crippen molar-refractivity contribution in [1.29, 1.82) is 0 Å². The van der Waals surface area contributed by atoms with Gasteiger partial charge in [0.05, 0.1) is 5.56 Å². The van der Waals surface area contributed by atoms with E-state index in [2.05, 4.69) is 18.8 Å². The van der Waals surface area contributed by atoms with Crippen LogP contribution in [0.5, 0.6) is 5.75 Å². The van der Waals surface area contributed by atoms with Crippen LogP contribution in [-0.2, 0) is 5.41 Å². The van der Waals surface area contributed by atoms with Crippen molar-refractivity contribution in [2.75, 3.05) is 0 Å². The summed E-state index contributed by atoms with van der Waals surface area (Å²) >= 11 is 6.01. The molecular weight excluding hydrogens is 322 g/mol. The van der Waals surface area contributed by atoms with E-state index in [1.54, 1.807) is 30.3 Å². The Hall–Kier alpha value is -1.74. The average molecular weight is 346 g/mol. The first kappa shape index (κ1) is 17.1. The van der Waals surface area contributed by atoms with E-state index in [-0.39, 0.29) is 22.3 Å². The predicted molar refractivity (Wildman–Crippen MR) is 98.8 cm³/mol. The Balaban J connectivity index is 2.02. The van der Waals surface area contributed by atoms with Crippen molar-refractivity contribution in [3.05, 3.63) is 51.4 Å². The van der Waals surface area contributed by atoms with Gasteiger partial charge < -0.3 is 10.1 Å². The summed E-state index contributed by atoms with van der Waals surface area (Å²) < 4.78 is 0. The molecule has 0 unspecified atom stereocenters. The molecule has 0 amide bonds. The van der Waals surface area contributed by atoms with Crippen LogP contribution in [0.3, 0.4) is 0 Å². The lowest BCUT2D eigenvalue weighted by atomic mass is 9.69. The second-order valence-electron chi connectivity index (χ2n) is 7.34. The van der Waals surface area contributed by atoms with Crippen molar-refractivity contribution < 1.29 is 5.11 Å². The third-order valence-electron chi connectivity index (χ3n) is 5.45. The topological polar surface area (TPSA) is 53.1 Å². The summed E-state index contributed by atoms with van der Waals surface area (Å²) in [6, 6.07) is 8.71. The van der Waals surface area contributed by atoms with Gasteiger partial charge in [0.15, 0.2) is 0 Å². The zero-order valence-electron chi connectivity index (χ0n) is 14.2. The maximum absolute atomic E-state index is 12.6. The summed E-state index contributed by atoms with van der Waals surface area (Å²) in [6.45, 7) is 4.32. The second kappa shape index (κ2) is 6.64. The fourth-order valence-corrected chi connectivity index (χ4v) is 4.05. The Morgan fingerprint density at radius 3 is 2.50 bits per heavy atom. The third kappa shape index (κ3) is 3.23. The lowest BCUT2D eigenvalue weighted by molar-refractivity contribution is 0.230. The zero-order valence-corrected chi connectivity index (χ0v) is 15.0. The van der Waals surface area contributed by atoms with Crippen LogP contribution in [0, 0.1) is 5.92 Å². The van der Waals surface area contributed by atoms with E-state index in [0.717, 1.165) is 5.69 Å². The fourth-order valence-electron chi connectivity index (χ4n) is 3.86. The van der Waals surface area contributed by atoms with Gasteiger partial charge in [0.1, 0.15) is 5.75 Å². The fraction of sp³-hybridized carbons (Fsp3) is 0.450. The first-order valence-corrected chi connectivity index (χ1v) is 9.00. The largest absolute Gasteiger partial charge is 0.507 e. The van der Waals surface area contributed by atoms with Gasteiger partial charge in [0.25, 0.3) is 5.56 Å². The Bertz CT molecular complexity index is 788. The smallest absolute Gasteiger partial charge is 0.259 e. The first-order chi connectivity index (χ1) is 11.4. The van der Waals surface area contributed by atoms with Gasteiger partial charge in [-0.15, -0.1) is 0 Å². The highest BCUT2D eigenvalue weighted by molar-refractivity contribution is 6.30. The monoisotopic (exact) mass is 345 g/mol. The molecule has 1 fully saturated rings. The quantitative estimate of drug-likeness (QED) is 0.797. The van der Waals surface area contributed by atoms with Crippen molar-refractivity contribution in [2.45, 2.75) is 51.4 Å². The minimum Gasteiger partial charge on any atom is -0.507 e. The number of hydrogen-bond acceptors (Lipinski definition) is 2. The number of H-pyrrole nitrogens is 1. The van der Waals surface area contributed by atoms with E-state index in [1.165, 1.54) is 32.1 Å². The summed E-state index contributed by atoms with van der Waals surface area (Å²) in [4.78, 5) is 15.7. The molecule has 0 spiro atoms. The number of aromatic amines is 1. The van der Waals surface area contributed by atoms with Crippen molar-refractivity contribution in [3.63, 3.8) is 0 Å². The van der Waals surface area contributed by atoms with Gasteiger partial charge in [0.2, 0.25) is 0 Å². The predicted octanol–water partition coefficient (Wildman–Crippen LogP) is 5.26. The lowest BCUT2D eigenvalue weighted by Gasteiger charge is -2.37. The molecule has 4 heteroatoms. The molecule has 24 heavy (non-hydrogen) atoms. The van der Waals surface area contributed by atoms with Crippen molar-refractivity contribution in [1.82, 2.24) is 4.98 Å². The van der Waals surface area contributed by atoms with Crippen molar-refractivity contribution >= 4 is 11.6 Å². The van der Waals surface area contributed by atoms with Crippen LogP contribution in [0.4, 0.5) is 0 Å². The summed E-state index contributed by atoms with van der Waals surface area (Å²) in [6.07, 6.45) is 6.12. The van der Waals surface area contributed by atoms with Gasteiger partial charge in [0, 0.05) is 22.2 Å². The molecule has 3 rings (SSSR count). The maximum Gasteiger partial charge on any atom is 0.259 e. The second-order valence-corrected chi connectivity index (χ2v) is 7.78. The number of aromatic hydroxyl groups is 1. The molecule has 1 aromatic heterocycles. The molecule has 0 bridgehead atoms. The van der Waals surface area contributed by atoms with Crippen LogP contribution in [0.25, 0.3) is 11.1 Å². The summed E-state index contributed by atoms with van der Waals surface area (Å²) in [5, 5.41) is 11.1. The number of nitrogens with one attached hydrogen (secondary N) is 1. The normalized spacial score (nSPS) is 16.3. The summed E-state index contributed by atoms with van der Waals surface area (Å²) in [5.74, 6) is 0.540. The molecule has 1 heterocycles. The Kier molecular flexibility index (Phi) is 4.73. The van der Waals surface area contributed by atoms with Crippen LogP contribution in [-0.4, -0.2) is 10.1 Å². The van der Waals surface area contributed by atoms with Crippen LogP contribution in [0.1, 0.15) is 51.6 Å². The van der Waals surface area contributed by atoms with Crippen molar-refractivity contribution in [3.8, 4) is 16.9 Å². The number of pyridine rings is 1. The first-order valence-electron chi connectivity index (χ1n) is 8.62. The molecule has 0 radical (unpaired) electrons. The zero-order chi connectivity index (χ0) is 17.3. The molecule has 2 N–H and O–H groups in total. The standard InChI is InChI=1S/C20H24ClNO2/c1-20(2,14-8-4-3-5-9-14)17-12-16(23)18(19(24)22-17)13-7-6-10-15(21)11-13/h6-7,10-12,14H,3-5,8-9H2,1-2H3,(H2,22,23,24). The lowest BCUT2D eigenvalue weighted by Crippen LogP contribution is -2.33. The van der Waals surface area contributed by atoms with Gasteiger partial charge in [-0.2, -0.15) is 0 Å². The van der Waals surface area contributed by atoms with Gasteiger partial charge in [-0.05, 0) is 36.5 Å². The van der Waals surface area contributed by atoms with Gasteiger partial charge in [-0.25, -0.2) is 0 Å². The number of rotatable bonds is 3. The van der Waals surface area contributed by atoms with E-state index in [4.69, 9.17) is 11.6 Å². The highest BCUT2D eigenvalue weighted by atomic mass is 35.5. The highest BCUT2D eigenvalue weighted by Gasteiger charge is 2.33. The molecule has 0 atom stereocenters. The van der Waals surface area contributed by atoms with Crippen molar-refractivity contribution in [2.24, 2.45) is 5.92 Å². The van der Waals surface area contributed by atoms with E-state index in [0.29, 0.717) is 16.5 Å². The molecule has 1 aromatic carbocycles. The molecule has 0 saturated heterocycles. The molecule has 0 aliphatic heterocycles. The SMILES string of the molecule is CC(C)(c1cc(O)c(-c2cccc(Cl)c2)c(=O)[nH]1)C1CCCCC1. The Labute approximate surface area is 147 Å². The van der Waals surface area contributed by atoms with Crippen LogP contribution in [0.15, 0.2) is 35.1 Å². The minimum atomic E-state index is -0.267.